The lowest BCUT2D eigenvalue weighted by atomic mass is 10.2. The van der Waals surface area contributed by atoms with Crippen molar-refractivity contribution in [3.05, 3.63) is 36.4 Å². The molecule has 6 nitrogen and oxygen atoms in total. The van der Waals surface area contributed by atoms with E-state index in [1.54, 1.807) is 6.26 Å². The molecule has 6 heteroatoms. The standard InChI is InChI=1S/C15H16N4O2/c1-2-4-13-11(3-1)12(10-20-13)15-17-14(21-18-15)9-19-7-5-16-6-8-19/h1-4,10,16H,5-9H2. The molecular weight excluding hydrogens is 268 g/mol. The molecule has 0 unspecified atom stereocenters. The largest absolute Gasteiger partial charge is 0.464 e. The average Bonchev–Trinajstić information content (AvgIpc) is 3.14. The minimum Gasteiger partial charge on any atom is -0.464 e. The molecule has 0 saturated carbocycles. The van der Waals surface area contributed by atoms with Crippen molar-refractivity contribution < 1.29 is 8.94 Å². The van der Waals surface area contributed by atoms with E-state index in [1.807, 2.05) is 24.3 Å². The Morgan fingerprint density at radius 1 is 1.19 bits per heavy atom. The van der Waals surface area contributed by atoms with Gasteiger partial charge in [0.05, 0.1) is 12.1 Å². The predicted octanol–water partition coefficient (Wildman–Crippen LogP) is 1.89. The van der Waals surface area contributed by atoms with E-state index < -0.39 is 0 Å². The molecule has 0 aliphatic carbocycles. The van der Waals surface area contributed by atoms with Crippen molar-refractivity contribution >= 4 is 11.0 Å². The molecule has 3 heterocycles. The lowest BCUT2D eigenvalue weighted by Gasteiger charge is -2.25. The Kier molecular flexibility index (Phi) is 3.17. The van der Waals surface area contributed by atoms with Gasteiger partial charge in [-0.05, 0) is 6.07 Å². The molecule has 1 aliphatic rings. The molecule has 1 aliphatic heterocycles. The first-order valence-corrected chi connectivity index (χ1v) is 7.12. The number of fused-ring (bicyclic) bond motifs is 1. The summed E-state index contributed by atoms with van der Waals surface area (Å²) in [4.78, 5) is 6.80. The van der Waals surface area contributed by atoms with E-state index in [9.17, 15) is 0 Å². The zero-order valence-electron chi connectivity index (χ0n) is 11.6. The highest BCUT2D eigenvalue weighted by Crippen LogP contribution is 2.28. The second-order valence-corrected chi connectivity index (χ2v) is 5.18. The van der Waals surface area contributed by atoms with E-state index in [0.29, 0.717) is 18.3 Å². The topological polar surface area (TPSA) is 67.3 Å². The van der Waals surface area contributed by atoms with Gasteiger partial charge in [-0.25, -0.2) is 0 Å². The SMILES string of the molecule is c1ccc2c(-c3noc(CN4CCNCC4)n3)coc2c1. The van der Waals surface area contributed by atoms with Crippen molar-refractivity contribution in [2.45, 2.75) is 6.54 Å². The van der Waals surface area contributed by atoms with E-state index in [0.717, 1.165) is 42.7 Å². The van der Waals surface area contributed by atoms with E-state index in [2.05, 4.69) is 20.4 Å². The summed E-state index contributed by atoms with van der Waals surface area (Å²) in [5, 5.41) is 8.42. The van der Waals surface area contributed by atoms with Gasteiger partial charge in [0.2, 0.25) is 11.7 Å². The number of furan rings is 1. The maximum Gasteiger partial charge on any atom is 0.241 e. The van der Waals surface area contributed by atoms with Gasteiger partial charge in [0.15, 0.2) is 0 Å². The first kappa shape index (κ1) is 12.6. The fraction of sp³-hybridized carbons (Fsp3) is 0.333. The molecule has 0 amide bonds. The number of piperazine rings is 1. The van der Waals surface area contributed by atoms with Gasteiger partial charge in [-0.1, -0.05) is 23.4 Å². The number of aromatic nitrogens is 2. The number of nitrogens with zero attached hydrogens (tertiary/aromatic N) is 3. The Balaban J connectivity index is 1.59. The van der Waals surface area contributed by atoms with Crippen molar-refractivity contribution in [1.82, 2.24) is 20.4 Å². The molecular formula is C15H16N4O2. The van der Waals surface area contributed by atoms with Gasteiger partial charge in [0, 0.05) is 31.6 Å². The maximum absolute atomic E-state index is 5.52. The number of hydrogen-bond donors (Lipinski definition) is 1. The van der Waals surface area contributed by atoms with Crippen LogP contribution in [0.2, 0.25) is 0 Å². The van der Waals surface area contributed by atoms with Crippen LogP contribution in [0.25, 0.3) is 22.4 Å². The quantitative estimate of drug-likeness (QED) is 0.792. The molecule has 0 radical (unpaired) electrons. The van der Waals surface area contributed by atoms with Crippen LogP contribution in [0.15, 0.2) is 39.5 Å². The smallest absolute Gasteiger partial charge is 0.241 e. The summed E-state index contributed by atoms with van der Waals surface area (Å²) in [6.45, 7) is 4.73. The van der Waals surface area contributed by atoms with Crippen LogP contribution < -0.4 is 5.32 Å². The van der Waals surface area contributed by atoms with Crippen LogP contribution in [0.3, 0.4) is 0 Å². The Bertz CT molecular complexity index is 743. The number of hydrogen-bond acceptors (Lipinski definition) is 6. The van der Waals surface area contributed by atoms with Crippen molar-refractivity contribution in [2.75, 3.05) is 26.2 Å². The third-order valence-corrected chi connectivity index (χ3v) is 3.76. The fourth-order valence-corrected chi connectivity index (χ4v) is 2.64. The average molecular weight is 284 g/mol. The number of rotatable bonds is 3. The molecule has 21 heavy (non-hydrogen) atoms. The third-order valence-electron chi connectivity index (χ3n) is 3.76. The van der Waals surface area contributed by atoms with Crippen LogP contribution in [0.5, 0.6) is 0 Å². The molecule has 1 saturated heterocycles. The van der Waals surface area contributed by atoms with Gasteiger partial charge >= 0.3 is 0 Å². The van der Waals surface area contributed by atoms with Crippen LogP contribution >= 0.6 is 0 Å². The summed E-state index contributed by atoms with van der Waals surface area (Å²) in [5.41, 5.74) is 1.71. The summed E-state index contributed by atoms with van der Waals surface area (Å²) in [6.07, 6.45) is 1.68. The number of nitrogens with one attached hydrogen (secondary N) is 1. The summed E-state index contributed by atoms with van der Waals surface area (Å²) in [5.74, 6) is 1.24. The number of para-hydroxylation sites is 1. The third kappa shape index (κ3) is 2.43. The molecule has 1 N–H and O–H groups in total. The van der Waals surface area contributed by atoms with Crippen LogP contribution in [0.4, 0.5) is 0 Å². The summed E-state index contributed by atoms with van der Waals surface area (Å²) in [7, 11) is 0. The fourth-order valence-electron chi connectivity index (χ4n) is 2.64. The Morgan fingerprint density at radius 2 is 2.05 bits per heavy atom. The lowest BCUT2D eigenvalue weighted by molar-refractivity contribution is 0.203. The van der Waals surface area contributed by atoms with Crippen molar-refractivity contribution in [3.8, 4) is 11.4 Å². The van der Waals surface area contributed by atoms with Crippen LogP contribution in [0, 0.1) is 0 Å². The predicted molar refractivity (Wildman–Crippen MR) is 77.7 cm³/mol. The highest BCUT2D eigenvalue weighted by molar-refractivity contribution is 5.91. The Morgan fingerprint density at radius 3 is 2.95 bits per heavy atom. The van der Waals surface area contributed by atoms with E-state index in [4.69, 9.17) is 8.94 Å². The summed E-state index contributed by atoms with van der Waals surface area (Å²) in [6, 6.07) is 7.85. The zero-order chi connectivity index (χ0) is 14.1. The monoisotopic (exact) mass is 284 g/mol. The van der Waals surface area contributed by atoms with E-state index >= 15 is 0 Å². The van der Waals surface area contributed by atoms with Gasteiger partial charge in [-0.2, -0.15) is 4.98 Å². The lowest BCUT2D eigenvalue weighted by Crippen LogP contribution is -2.42. The second-order valence-electron chi connectivity index (χ2n) is 5.18. The summed E-state index contributed by atoms with van der Waals surface area (Å²) >= 11 is 0. The molecule has 1 aromatic carbocycles. The molecule has 0 atom stereocenters. The van der Waals surface area contributed by atoms with Crippen molar-refractivity contribution in [2.24, 2.45) is 0 Å². The maximum atomic E-state index is 5.52. The van der Waals surface area contributed by atoms with E-state index in [1.165, 1.54) is 0 Å². The summed E-state index contributed by atoms with van der Waals surface area (Å²) < 4.78 is 10.9. The van der Waals surface area contributed by atoms with Gasteiger partial charge in [-0.15, -0.1) is 0 Å². The van der Waals surface area contributed by atoms with Crippen molar-refractivity contribution in [3.63, 3.8) is 0 Å². The second kappa shape index (κ2) is 5.31. The molecule has 0 bridgehead atoms. The first-order valence-electron chi connectivity index (χ1n) is 7.12. The molecule has 2 aromatic heterocycles. The highest BCUT2D eigenvalue weighted by Gasteiger charge is 2.17. The minimum atomic E-state index is 0.588. The minimum absolute atomic E-state index is 0.588. The first-order chi connectivity index (χ1) is 10.4. The van der Waals surface area contributed by atoms with Gasteiger partial charge in [0.25, 0.3) is 0 Å². The Labute approximate surface area is 121 Å². The normalized spacial score (nSPS) is 16.6. The van der Waals surface area contributed by atoms with Gasteiger partial charge in [0.1, 0.15) is 11.8 Å². The van der Waals surface area contributed by atoms with E-state index in [-0.39, 0.29) is 0 Å². The molecule has 3 aromatic rings. The molecule has 4 rings (SSSR count). The van der Waals surface area contributed by atoms with Crippen LogP contribution in [0.1, 0.15) is 5.89 Å². The van der Waals surface area contributed by atoms with Crippen molar-refractivity contribution in [1.29, 1.82) is 0 Å². The van der Waals surface area contributed by atoms with Crippen LogP contribution in [-0.4, -0.2) is 41.2 Å². The van der Waals surface area contributed by atoms with Gasteiger partial charge < -0.3 is 14.3 Å². The number of benzene rings is 1. The Hall–Kier alpha value is -2.18. The highest BCUT2D eigenvalue weighted by atomic mass is 16.5. The van der Waals surface area contributed by atoms with Crippen LogP contribution in [-0.2, 0) is 6.54 Å². The van der Waals surface area contributed by atoms with Gasteiger partial charge in [-0.3, -0.25) is 4.90 Å². The zero-order valence-corrected chi connectivity index (χ0v) is 11.6. The molecule has 1 fully saturated rings. The molecule has 0 spiro atoms. The molecule has 108 valence electrons.